The summed E-state index contributed by atoms with van der Waals surface area (Å²) >= 11 is 0. The Kier molecular flexibility index (Phi) is 4.56. The number of hydrogen-bond donors (Lipinski definition) is 2. The Labute approximate surface area is 128 Å². The molecular formula is C15H13N3O3S. The molecule has 2 rings (SSSR count). The second kappa shape index (κ2) is 6.39. The van der Waals surface area contributed by atoms with E-state index in [1.54, 1.807) is 36.4 Å². The zero-order chi connectivity index (χ0) is 16.2. The molecule has 0 fully saturated rings. The number of hydrogen-bond acceptors (Lipinski definition) is 4. The summed E-state index contributed by atoms with van der Waals surface area (Å²) in [6.45, 7) is 0.254. The molecule has 3 N–H and O–H groups in total. The molecule has 0 heterocycles. The molecule has 22 heavy (non-hydrogen) atoms. The highest BCUT2D eigenvalue weighted by Gasteiger charge is 2.08. The van der Waals surface area contributed by atoms with Gasteiger partial charge in [-0.1, -0.05) is 12.1 Å². The molecule has 0 atom stereocenters. The molecule has 6 nitrogen and oxygen atoms in total. The van der Waals surface area contributed by atoms with Crippen molar-refractivity contribution >= 4 is 15.9 Å². The zero-order valence-corrected chi connectivity index (χ0v) is 12.3. The first kappa shape index (κ1) is 15.7. The Hall–Kier alpha value is -2.69. The molecule has 0 radical (unpaired) electrons. The van der Waals surface area contributed by atoms with Gasteiger partial charge in [-0.3, -0.25) is 4.79 Å². The predicted molar refractivity (Wildman–Crippen MR) is 80.1 cm³/mol. The number of nitrogens with two attached hydrogens (primary N) is 1. The molecule has 2 aromatic carbocycles. The molecule has 0 aliphatic carbocycles. The number of carbonyl (C=O) groups excluding carboxylic acids is 1. The van der Waals surface area contributed by atoms with Crippen LogP contribution in [0, 0.1) is 11.3 Å². The van der Waals surface area contributed by atoms with Crippen LogP contribution in [0.15, 0.2) is 53.4 Å². The van der Waals surface area contributed by atoms with E-state index < -0.39 is 10.0 Å². The van der Waals surface area contributed by atoms with Gasteiger partial charge in [0.2, 0.25) is 10.0 Å². The average Bonchev–Trinajstić information content (AvgIpc) is 2.52. The maximum Gasteiger partial charge on any atom is 0.251 e. The van der Waals surface area contributed by atoms with Crippen LogP contribution in [0.4, 0.5) is 0 Å². The first-order valence-electron chi connectivity index (χ1n) is 6.30. The summed E-state index contributed by atoms with van der Waals surface area (Å²) in [6, 6.07) is 14.2. The molecule has 2 aromatic rings. The lowest BCUT2D eigenvalue weighted by atomic mass is 10.1. The lowest BCUT2D eigenvalue weighted by Crippen LogP contribution is -2.22. The molecular weight excluding hydrogens is 302 g/mol. The Balaban J connectivity index is 2.00. The van der Waals surface area contributed by atoms with Crippen LogP contribution in [0.1, 0.15) is 21.5 Å². The molecule has 7 heteroatoms. The highest BCUT2D eigenvalue weighted by atomic mass is 32.2. The van der Waals surface area contributed by atoms with Crippen molar-refractivity contribution in [2.45, 2.75) is 11.4 Å². The van der Waals surface area contributed by atoms with Crippen molar-refractivity contribution in [3.05, 3.63) is 65.2 Å². The Morgan fingerprint density at radius 3 is 2.18 bits per heavy atom. The number of amides is 1. The number of nitrogens with one attached hydrogen (secondary N) is 1. The van der Waals surface area contributed by atoms with E-state index in [4.69, 9.17) is 10.4 Å². The number of rotatable bonds is 4. The molecule has 0 unspecified atom stereocenters. The normalized spacial score (nSPS) is 10.7. The second-order valence-corrected chi connectivity index (χ2v) is 6.12. The van der Waals surface area contributed by atoms with Gasteiger partial charge in [-0.05, 0) is 42.0 Å². The first-order valence-corrected chi connectivity index (χ1v) is 7.85. The van der Waals surface area contributed by atoms with Crippen LogP contribution >= 0.6 is 0 Å². The molecule has 0 saturated heterocycles. The number of carbonyl (C=O) groups is 1. The average molecular weight is 315 g/mol. The largest absolute Gasteiger partial charge is 0.348 e. The van der Waals surface area contributed by atoms with E-state index in [-0.39, 0.29) is 17.3 Å². The summed E-state index contributed by atoms with van der Waals surface area (Å²) < 4.78 is 22.3. The second-order valence-electron chi connectivity index (χ2n) is 4.56. The molecule has 0 bridgehead atoms. The summed E-state index contributed by atoms with van der Waals surface area (Å²) in [6.07, 6.45) is 0. The third kappa shape index (κ3) is 3.91. The first-order chi connectivity index (χ1) is 10.4. The minimum absolute atomic E-state index is 0.0228. The maximum absolute atomic E-state index is 11.9. The molecule has 112 valence electrons. The SMILES string of the molecule is N#Cc1ccc(C(=O)NCc2ccc(S(N)(=O)=O)cc2)cc1. The van der Waals surface area contributed by atoms with E-state index in [1.807, 2.05) is 6.07 Å². The summed E-state index contributed by atoms with van der Waals surface area (Å²) in [5.41, 5.74) is 1.67. The fourth-order valence-electron chi connectivity index (χ4n) is 1.78. The van der Waals surface area contributed by atoms with Gasteiger partial charge >= 0.3 is 0 Å². The van der Waals surface area contributed by atoms with Crippen molar-refractivity contribution in [1.82, 2.24) is 5.32 Å². The van der Waals surface area contributed by atoms with Crippen LogP contribution in [0.2, 0.25) is 0 Å². The van der Waals surface area contributed by atoms with Crippen LogP contribution in [-0.2, 0) is 16.6 Å². The minimum Gasteiger partial charge on any atom is -0.348 e. The van der Waals surface area contributed by atoms with Crippen molar-refractivity contribution in [3.8, 4) is 6.07 Å². The van der Waals surface area contributed by atoms with Crippen LogP contribution < -0.4 is 10.5 Å². The summed E-state index contributed by atoms with van der Waals surface area (Å²) in [5, 5.41) is 16.4. The van der Waals surface area contributed by atoms with Gasteiger partial charge in [-0.2, -0.15) is 5.26 Å². The number of nitriles is 1. The van der Waals surface area contributed by atoms with Crippen LogP contribution in [0.3, 0.4) is 0 Å². The zero-order valence-electron chi connectivity index (χ0n) is 11.5. The van der Waals surface area contributed by atoms with E-state index in [2.05, 4.69) is 5.32 Å². The van der Waals surface area contributed by atoms with Crippen LogP contribution in [0.5, 0.6) is 0 Å². The molecule has 0 aromatic heterocycles. The summed E-state index contributed by atoms with van der Waals surface area (Å²) in [5.74, 6) is -0.278. The van der Waals surface area contributed by atoms with Crippen LogP contribution in [-0.4, -0.2) is 14.3 Å². The van der Waals surface area contributed by atoms with Gasteiger partial charge in [-0.25, -0.2) is 13.6 Å². The van der Waals surface area contributed by atoms with Gasteiger partial charge in [0, 0.05) is 12.1 Å². The van der Waals surface area contributed by atoms with Gasteiger partial charge in [-0.15, -0.1) is 0 Å². The van der Waals surface area contributed by atoms with Crippen LogP contribution in [0.25, 0.3) is 0 Å². The molecule has 0 aliphatic heterocycles. The summed E-state index contributed by atoms with van der Waals surface area (Å²) in [4.78, 5) is 12.0. The summed E-state index contributed by atoms with van der Waals surface area (Å²) in [7, 11) is -3.71. The number of nitrogens with zero attached hydrogens (tertiary/aromatic N) is 1. The number of primary sulfonamides is 1. The third-order valence-electron chi connectivity index (χ3n) is 2.98. The molecule has 0 aliphatic rings. The smallest absolute Gasteiger partial charge is 0.251 e. The quantitative estimate of drug-likeness (QED) is 0.880. The lowest BCUT2D eigenvalue weighted by Gasteiger charge is -2.06. The van der Waals surface area contributed by atoms with Crippen molar-refractivity contribution < 1.29 is 13.2 Å². The van der Waals surface area contributed by atoms with Gasteiger partial charge in [0.05, 0.1) is 16.5 Å². The minimum atomic E-state index is -3.71. The molecule has 0 saturated carbocycles. The van der Waals surface area contributed by atoms with Crippen molar-refractivity contribution in [1.29, 1.82) is 5.26 Å². The molecule has 0 spiro atoms. The van der Waals surface area contributed by atoms with Gasteiger partial charge in [0.25, 0.3) is 5.91 Å². The Morgan fingerprint density at radius 1 is 1.09 bits per heavy atom. The van der Waals surface area contributed by atoms with Gasteiger partial charge in [0.1, 0.15) is 0 Å². The standard InChI is InChI=1S/C15H13N3O3S/c16-9-11-1-5-13(6-2-11)15(19)18-10-12-3-7-14(8-4-12)22(17,20)21/h1-8H,10H2,(H,18,19)(H2,17,20,21). The Morgan fingerprint density at radius 2 is 1.68 bits per heavy atom. The third-order valence-corrected chi connectivity index (χ3v) is 3.91. The fraction of sp³-hybridized carbons (Fsp3) is 0.0667. The van der Waals surface area contributed by atoms with Gasteiger partial charge in [0.15, 0.2) is 0 Å². The van der Waals surface area contributed by atoms with Crippen molar-refractivity contribution in [2.75, 3.05) is 0 Å². The highest BCUT2D eigenvalue weighted by molar-refractivity contribution is 7.89. The van der Waals surface area contributed by atoms with Gasteiger partial charge < -0.3 is 5.32 Å². The molecule has 1 amide bonds. The topological polar surface area (TPSA) is 113 Å². The van der Waals surface area contributed by atoms with Crippen molar-refractivity contribution in [2.24, 2.45) is 5.14 Å². The number of sulfonamides is 1. The van der Waals surface area contributed by atoms with E-state index >= 15 is 0 Å². The Bertz CT molecular complexity index is 820. The van der Waals surface area contributed by atoms with E-state index in [0.717, 1.165) is 5.56 Å². The van der Waals surface area contributed by atoms with E-state index in [1.165, 1.54) is 12.1 Å². The van der Waals surface area contributed by atoms with E-state index in [0.29, 0.717) is 11.1 Å². The maximum atomic E-state index is 11.9. The van der Waals surface area contributed by atoms with Crippen molar-refractivity contribution in [3.63, 3.8) is 0 Å². The monoisotopic (exact) mass is 315 g/mol. The van der Waals surface area contributed by atoms with E-state index in [9.17, 15) is 13.2 Å². The number of benzene rings is 2. The highest BCUT2D eigenvalue weighted by Crippen LogP contribution is 2.09. The fourth-order valence-corrected chi connectivity index (χ4v) is 2.29. The predicted octanol–water partition coefficient (Wildman–Crippen LogP) is 1.14. The lowest BCUT2D eigenvalue weighted by molar-refractivity contribution is 0.0951.